The van der Waals surface area contributed by atoms with Gasteiger partial charge in [-0.2, -0.15) is 0 Å². The molecule has 0 bridgehead atoms. The first-order valence-corrected chi connectivity index (χ1v) is 3.63. The molecule has 0 radical (unpaired) electrons. The Morgan fingerprint density at radius 1 is 1.20 bits per heavy atom. The van der Waals surface area contributed by atoms with Crippen molar-refractivity contribution in [2.75, 3.05) is 13.2 Å². The number of ether oxygens (including phenoxy) is 2. The summed E-state index contributed by atoms with van der Waals surface area (Å²) in [5, 5.41) is 9.02. The molecule has 0 amide bonds. The zero-order valence-corrected chi connectivity index (χ0v) is 6.83. The summed E-state index contributed by atoms with van der Waals surface area (Å²) in [6.07, 6.45) is -1.02. The monoisotopic (exact) mass is 148 g/mol. The fourth-order valence-corrected chi connectivity index (χ4v) is 0.655. The average molecular weight is 148 g/mol. The van der Waals surface area contributed by atoms with E-state index in [0.717, 1.165) is 0 Å². The molecule has 1 unspecified atom stereocenters. The zero-order chi connectivity index (χ0) is 7.98. The smallest absolute Gasteiger partial charge is 0.183 e. The summed E-state index contributed by atoms with van der Waals surface area (Å²) in [6.45, 7) is 6.52. The number of hydrogen-bond acceptors (Lipinski definition) is 3. The SMILES string of the molecule is CCOC(OCC)C(C)O. The predicted molar refractivity (Wildman–Crippen MR) is 38.7 cm³/mol. The maximum atomic E-state index is 9.02. The minimum absolute atomic E-state index is 0.463. The molecule has 0 spiro atoms. The molecule has 3 heteroatoms. The topological polar surface area (TPSA) is 38.7 Å². The number of hydrogen-bond donors (Lipinski definition) is 1. The molecular weight excluding hydrogens is 132 g/mol. The van der Waals surface area contributed by atoms with Crippen molar-refractivity contribution in [1.29, 1.82) is 0 Å². The van der Waals surface area contributed by atoms with Gasteiger partial charge in [-0.05, 0) is 20.8 Å². The molecule has 0 aliphatic carbocycles. The number of aliphatic hydroxyl groups is 1. The van der Waals surface area contributed by atoms with Gasteiger partial charge < -0.3 is 14.6 Å². The molecule has 62 valence electrons. The van der Waals surface area contributed by atoms with E-state index in [1.54, 1.807) is 6.92 Å². The van der Waals surface area contributed by atoms with E-state index in [-0.39, 0.29) is 0 Å². The number of aliphatic hydroxyl groups excluding tert-OH is 1. The lowest BCUT2D eigenvalue weighted by molar-refractivity contribution is -0.184. The Kier molecular flexibility index (Phi) is 5.58. The van der Waals surface area contributed by atoms with Crippen molar-refractivity contribution in [3.63, 3.8) is 0 Å². The van der Waals surface area contributed by atoms with Crippen molar-refractivity contribution in [2.24, 2.45) is 0 Å². The Morgan fingerprint density at radius 3 is 1.80 bits per heavy atom. The van der Waals surface area contributed by atoms with Crippen LogP contribution in [0.5, 0.6) is 0 Å². The van der Waals surface area contributed by atoms with Crippen LogP contribution < -0.4 is 0 Å². The van der Waals surface area contributed by atoms with E-state index in [9.17, 15) is 0 Å². The lowest BCUT2D eigenvalue weighted by Gasteiger charge is -2.18. The summed E-state index contributed by atoms with van der Waals surface area (Å²) in [4.78, 5) is 0. The summed E-state index contributed by atoms with van der Waals surface area (Å²) in [7, 11) is 0. The second-order valence-electron chi connectivity index (χ2n) is 2.02. The molecule has 0 aromatic carbocycles. The quantitative estimate of drug-likeness (QED) is 0.585. The summed E-state index contributed by atoms with van der Waals surface area (Å²) in [5.41, 5.74) is 0. The molecule has 0 fully saturated rings. The highest BCUT2D eigenvalue weighted by molar-refractivity contribution is 4.50. The first kappa shape index (κ1) is 9.88. The van der Waals surface area contributed by atoms with Crippen LogP contribution in [0, 0.1) is 0 Å². The molecule has 3 nitrogen and oxygen atoms in total. The highest BCUT2D eigenvalue weighted by atomic mass is 16.7. The molecule has 1 N–H and O–H groups in total. The molecule has 0 aliphatic rings. The maximum Gasteiger partial charge on any atom is 0.183 e. The minimum Gasteiger partial charge on any atom is -0.388 e. The fourth-order valence-electron chi connectivity index (χ4n) is 0.655. The Labute approximate surface area is 62.0 Å². The summed E-state index contributed by atoms with van der Waals surface area (Å²) in [6, 6.07) is 0. The first-order valence-electron chi connectivity index (χ1n) is 3.63. The lowest BCUT2D eigenvalue weighted by Crippen LogP contribution is -2.29. The van der Waals surface area contributed by atoms with Gasteiger partial charge in [-0.25, -0.2) is 0 Å². The third-order valence-corrected chi connectivity index (χ3v) is 1.06. The van der Waals surface area contributed by atoms with E-state index in [0.29, 0.717) is 13.2 Å². The Balaban J connectivity index is 3.50. The van der Waals surface area contributed by atoms with Crippen LogP contribution in [0.2, 0.25) is 0 Å². The Bertz CT molecular complexity index is 67.3. The molecule has 0 rings (SSSR count). The molecule has 0 aromatic heterocycles. The Morgan fingerprint density at radius 2 is 1.60 bits per heavy atom. The van der Waals surface area contributed by atoms with E-state index in [1.807, 2.05) is 13.8 Å². The lowest BCUT2D eigenvalue weighted by atomic mass is 10.4. The third kappa shape index (κ3) is 3.82. The van der Waals surface area contributed by atoms with Gasteiger partial charge >= 0.3 is 0 Å². The molecule has 0 aromatic rings. The van der Waals surface area contributed by atoms with Gasteiger partial charge in [-0.15, -0.1) is 0 Å². The van der Waals surface area contributed by atoms with Crippen molar-refractivity contribution in [2.45, 2.75) is 33.2 Å². The van der Waals surface area contributed by atoms with Gasteiger partial charge in [0.15, 0.2) is 6.29 Å². The van der Waals surface area contributed by atoms with Gasteiger partial charge in [0, 0.05) is 13.2 Å². The van der Waals surface area contributed by atoms with Crippen molar-refractivity contribution in [3.8, 4) is 0 Å². The standard InChI is InChI=1S/C7H16O3/c1-4-9-7(6(3)8)10-5-2/h6-8H,4-5H2,1-3H3. The normalized spacial score (nSPS) is 14.1. The zero-order valence-electron chi connectivity index (χ0n) is 6.83. The van der Waals surface area contributed by atoms with Crippen LogP contribution in [0.1, 0.15) is 20.8 Å². The predicted octanol–water partition coefficient (Wildman–Crippen LogP) is 0.766. The van der Waals surface area contributed by atoms with E-state index < -0.39 is 12.4 Å². The van der Waals surface area contributed by atoms with Crippen molar-refractivity contribution >= 4 is 0 Å². The van der Waals surface area contributed by atoms with Gasteiger partial charge in [0.2, 0.25) is 0 Å². The van der Waals surface area contributed by atoms with E-state index in [2.05, 4.69) is 0 Å². The number of rotatable bonds is 5. The fraction of sp³-hybridized carbons (Fsp3) is 1.00. The van der Waals surface area contributed by atoms with Crippen molar-refractivity contribution in [1.82, 2.24) is 0 Å². The average Bonchev–Trinajstić information content (AvgIpc) is 1.87. The first-order chi connectivity index (χ1) is 4.72. The largest absolute Gasteiger partial charge is 0.388 e. The van der Waals surface area contributed by atoms with Crippen LogP contribution in [-0.2, 0) is 9.47 Å². The van der Waals surface area contributed by atoms with Gasteiger partial charge in [-0.1, -0.05) is 0 Å². The minimum atomic E-state index is -0.556. The third-order valence-electron chi connectivity index (χ3n) is 1.06. The van der Waals surface area contributed by atoms with Gasteiger partial charge in [-0.3, -0.25) is 0 Å². The second kappa shape index (κ2) is 5.65. The molecule has 0 aliphatic heterocycles. The molecular formula is C7H16O3. The highest BCUT2D eigenvalue weighted by Crippen LogP contribution is 2.00. The van der Waals surface area contributed by atoms with Gasteiger partial charge in [0.25, 0.3) is 0 Å². The molecule has 10 heavy (non-hydrogen) atoms. The van der Waals surface area contributed by atoms with Crippen LogP contribution >= 0.6 is 0 Å². The molecule has 0 heterocycles. The maximum absolute atomic E-state index is 9.02. The van der Waals surface area contributed by atoms with Gasteiger partial charge in [0.05, 0.1) is 0 Å². The van der Waals surface area contributed by atoms with E-state index in [4.69, 9.17) is 14.6 Å². The second-order valence-corrected chi connectivity index (χ2v) is 2.02. The van der Waals surface area contributed by atoms with Crippen molar-refractivity contribution < 1.29 is 14.6 Å². The van der Waals surface area contributed by atoms with Crippen molar-refractivity contribution in [3.05, 3.63) is 0 Å². The summed E-state index contributed by atoms with van der Waals surface area (Å²) >= 11 is 0. The molecule has 0 saturated carbocycles. The highest BCUT2D eigenvalue weighted by Gasteiger charge is 2.13. The van der Waals surface area contributed by atoms with E-state index in [1.165, 1.54) is 0 Å². The van der Waals surface area contributed by atoms with Gasteiger partial charge in [0.1, 0.15) is 6.10 Å². The van der Waals surface area contributed by atoms with Crippen LogP contribution in [0.4, 0.5) is 0 Å². The van der Waals surface area contributed by atoms with E-state index >= 15 is 0 Å². The molecule has 0 saturated heterocycles. The summed E-state index contributed by atoms with van der Waals surface area (Å²) in [5.74, 6) is 0. The molecule has 1 atom stereocenters. The van der Waals surface area contributed by atoms with Crippen LogP contribution in [-0.4, -0.2) is 30.7 Å². The van der Waals surface area contributed by atoms with Crippen LogP contribution in [0.15, 0.2) is 0 Å². The van der Waals surface area contributed by atoms with Crippen LogP contribution in [0.3, 0.4) is 0 Å². The summed E-state index contributed by atoms with van der Waals surface area (Å²) < 4.78 is 10.1. The Hall–Kier alpha value is -0.120. The van der Waals surface area contributed by atoms with Crippen LogP contribution in [0.25, 0.3) is 0 Å².